The number of hydrogen-bond acceptors (Lipinski definition) is 6. The molecule has 0 bridgehead atoms. The van der Waals surface area contributed by atoms with E-state index in [1.807, 2.05) is 0 Å². The molecule has 0 aliphatic carbocycles. The molecule has 0 radical (unpaired) electrons. The van der Waals surface area contributed by atoms with Gasteiger partial charge < -0.3 is 14.2 Å². The number of hydrogen-bond donors (Lipinski definition) is 0. The summed E-state index contributed by atoms with van der Waals surface area (Å²) >= 11 is 0. The average molecular weight is 320 g/mol. The average Bonchev–Trinajstić information content (AvgIpc) is 2.54. The van der Waals surface area contributed by atoms with Crippen molar-refractivity contribution in [3.8, 4) is 5.75 Å². The second kappa shape index (κ2) is 9.40. The number of carbonyl (C=O) groups excluding carboxylic acids is 3. The maximum atomic E-state index is 11.8. The lowest BCUT2D eigenvalue weighted by molar-refractivity contribution is -0.151. The summed E-state index contributed by atoms with van der Waals surface area (Å²) in [6, 6.07) is 8.61. The normalized spacial score (nSPS) is 11.2. The van der Waals surface area contributed by atoms with Crippen LogP contribution >= 0.6 is 0 Å². The fraction of sp³-hybridized carbons (Fsp3) is 0.353. The number of benzene rings is 1. The first-order valence-electron chi connectivity index (χ1n) is 7.10. The first-order valence-corrected chi connectivity index (χ1v) is 7.10. The van der Waals surface area contributed by atoms with Crippen LogP contribution in [0.25, 0.3) is 0 Å². The molecule has 0 aliphatic heterocycles. The van der Waals surface area contributed by atoms with Crippen LogP contribution in [0, 0.1) is 5.92 Å². The van der Waals surface area contributed by atoms with Crippen LogP contribution in [-0.2, 0) is 23.9 Å². The summed E-state index contributed by atoms with van der Waals surface area (Å²) in [5.41, 5.74) is 0.233. The molecule has 0 heterocycles. The highest BCUT2D eigenvalue weighted by Gasteiger charge is 2.23. The lowest BCUT2D eigenvalue weighted by Gasteiger charge is -2.14. The van der Waals surface area contributed by atoms with Crippen molar-refractivity contribution in [1.29, 1.82) is 0 Å². The molecular weight excluding hydrogens is 300 g/mol. The van der Waals surface area contributed by atoms with Crippen LogP contribution in [0.3, 0.4) is 0 Å². The minimum absolute atomic E-state index is 0.000711. The van der Waals surface area contributed by atoms with E-state index in [2.05, 4.69) is 11.3 Å². The Kier molecular flexibility index (Phi) is 7.53. The maximum Gasteiger partial charge on any atom is 0.333 e. The van der Waals surface area contributed by atoms with E-state index in [0.29, 0.717) is 5.75 Å². The molecule has 0 N–H and O–H groups in total. The van der Waals surface area contributed by atoms with E-state index < -0.39 is 23.8 Å². The van der Waals surface area contributed by atoms with Crippen molar-refractivity contribution in [2.24, 2.45) is 5.92 Å². The molecule has 1 aromatic carbocycles. The molecule has 124 valence electrons. The summed E-state index contributed by atoms with van der Waals surface area (Å²) in [6.45, 7) is 4.79. The second-order valence-corrected chi connectivity index (χ2v) is 4.92. The molecule has 0 saturated heterocycles. The monoisotopic (exact) mass is 320 g/mol. The summed E-state index contributed by atoms with van der Waals surface area (Å²) in [5, 5.41) is 0. The topological polar surface area (TPSA) is 78.9 Å². The third kappa shape index (κ3) is 6.78. The van der Waals surface area contributed by atoms with Gasteiger partial charge in [-0.3, -0.25) is 9.59 Å². The Hall–Kier alpha value is -2.63. The van der Waals surface area contributed by atoms with Crippen LogP contribution in [0.15, 0.2) is 42.5 Å². The van der Waals surface area contributed by atoms with Gasteiger partial charge in [-0.2, -0.15) is 0 Å². The Balaban J connectivity index is 2.50. The third-order valence-corrected chi connectivity index (χ3v) is 2.97. The molecule has 1 unspecified atom stereocenters. The Bertz CT molecular complexity index is 564. The largest absolute Gasteiger partial charge is 0.469 e. The van der Waals surface area contributed by atoms with Gasteiger partial charge in [0.2, 0.25) is 0 Å². The molecule has 0 spiro atoms. The van der Waals surface area contributed by atoms with E-state index >= 15 is 0 Å². The zero-order valence-electron chi connectivity index (χ0n) is 13.2. The number of rotatable bonds is 8. The molecule has 1 atom stereocenters. The molecular formula is C17H20O6. The van der Waals surface area contributed by atoms with Crippen molar-refractivity contribution >= 4 is 17.9 Å². The van der Waals surface area contributed by atoms with Gasteiger partial charge in [0.05, 0.1) is 13.0 Å². The molecule has 6 nitrogen and oxygen atoms in total. The van der Waals surface area contributed by atoms with Gasteiger partial charge >= 0.3 is 17.9 Å². The Morgan fingerprint density at radius 2 is 1.83 bits per heavy atom. The Labute approximate surface area is 135 Å². The lowest BCUT2D eigenvalue weighted by atomic mass is 10.0. The SMILES string of the molecule is C=C(C)C(=O)OCC(CCC(=O)Oc1ccccc1)C(=O)OC. The van der Waals surface area contributed by atoms with Gasteiger partial charge in [-0.15, -0.1) is 0 Å². The lowest BCUT2D eigenvalue weighted by Crippen LogP contribution is -2.25. The van der Waals surface area contributed by atoms with Crippen LogP contribution in [0.1, 0.15) is 19.8 Å². The van der Waals surface area contributed by atoms with Gasteiger partial charge in [0, 0.05) is 12.0 Å². The van der Waals surface area contributed by atoms with E-state index in [1.54, 1.807) is 30.3 Å². The standard InChI is InChI=1S/C17H20O6/c1-12(2)16(19)22-11-13(17(20)21-3)9-10-15(18)23-14-7-5-4-6-8-14/h4-8,13H,1,9-11H2,2-3H3. The first kappa shape index (κ1) is 18.4. The summed E-state index contributed by atoms with van der Waals surface area (Å²) in [6.07, 6.45) is 0.154. The fourth-order valence-corrected chi connectivity index (χ4v) is 1.70. The zero-order valence-corrected chi connectivity index (χ0v) is 13.2. The summed E-state index contributed by atoms with van der Waals surface area (Å²) in [5.74, 6) is -1.92. The highest BCUT2D eigenvalue weighted by Crippen LogP contribution is 2.14. The van der Waals surface area contributed by atoms with Gasteiger partial charge in [-0.05, 0) is 25.5 Å². The van der Waals surface area contributed by atoms with E-state index in [9.17, 15) is 14.4 Å². The number of carbonyl (C=O) groups is 3. The molecule has 0 fully saturated rings. The van der Waals surface area contributed by atoms with Gasteiger partial charge in [0.25, 0.3) is 0 Å². The quantitative estimate of drug-likeness (QED) is 0.415. The number of para-hydroxylation sites is 1. The molecule has 23 heavy (non-hydrogen) atoms. The van der Waals surface area contributed by atoms with Crippen LogP contribution in [-0.4, -0.2) is 31.6 Å². The predicted octanol–water partition coefficient (Wildman–Crippen LogP) is 2.28. The van der Waals surface area contributed by atoms with Gasteiger partial charge in [0.15, 0.2) is 0 Å². The highest BCUT2D eigenvalue weighted by molar-refractivity contribution is 5.87. The van der Waals surface area contributed by atoms with E-state index in [0.717, 1.165) is 0 Å². The van der Waals surface area contributed by atoms with E-state index in [4.69, 9.17) is 9.47 Å². The van der Waals surface area contributed by atoms with Crippen molar-refractivity contribution < 1.29 is 28.6 Å². The third-order valence-electron chi connectivity index (χ3n) is 2.97. The van der Waals surface area contributed by atoms with Crippen molar-refractivity contribution in [2.45, 2.75) is 19.8 Å². The number of esters is 3. The van der Waals surface area contributed by atoms with Crippen LogP contribution in [0.4, 0.5) is 0 Å². The van der Waals surface area contributed by atoms with Crippen LogP contribution in [0.5, 0.6) is 5.75 Å². The Morgan fingerprint density at radius 1 is 1.17 bits per heavy atom. The summed E-state index contributed by atoms with van der Waals surface area (Å²) in [4.78, 5) is 34.8. The first-order chi connectivity index (χ1) is 10.9. The van der Waals surface area contributed by atoms with Gasteiger partial charge in [-0.1, -0.05) is 24.8 Å². The van der Waals surface area contributed by atoms with Gasteiger partial charge in [-0.25, -0.2) is 4.79 Å². The zero-order chi connectivity index (χ0) is 17.2. The minimum atomic E-state index is -0.730. The molecule has 6 heteroatoms. The van der Waals surface area contributed by atoms with Crippen LogP contribution in [0.2, 0.25) is 0 Å². The number of ether oxygens (including phenoxy) is 3. The summed E-state index contributed by atoms with van der Waals surface area (Å²) < 4.78 is 14.7. The van der Waals surface area contributed by atoms with Gasteiger partial charge in [0.1, 0.15) is 12.4 Å². The van der Waals surface area contributed by atoms with Crippen molar-refractivity contribution in [3.63, 3.8) is 0 Å². The van der Waals surface area contributed by atoms with Crippen molar-refractivity contribution in [2.75, 3.05) is 13.7 Å². The Morgan fingerprint density at radius 3 is 2.39 bits per heavy atom. The predicted molar refractivity (Wildman–Crippen MR) is 82.6 cm³/mol. The van der Waals surface area contributed by atoms with Crippen LogP contribution < -0.4 is 4.74 Å². The molecule has 1 rings (SSSR count). The van der Waals surface area contributed by atoms with E-state index in [-0.39, 0.29) is 25.0 Å². The highest BCUT2D eigenvalue weighted by atomic mass is 16.5. The number of methoxy groups -OCH3 is 1. The van der Waals surface area contributed by atoms with E-state index in [1.165, 1.54) is 14.0 Å². The second-order valence-electron chi connectivity index (χ2n) is 4.92. The molecule has 0 aromatic heterocycles. The smallest absolute Gasteiger partial charge is 0.333 e. The molecule has 0 saturated carbocycles. The van der Waals surface area contributed by atoms with Crippen molar-refractivity contribution in [3.05, 3.63) is 42.5 Å². The molecule has 1 aromatic rings. The maximum absolute atomic E-state index is 11.8. The fourth-order valence-electron chi connectivity index (χ4n) is 1.70. The molecule has 0 amide bonds. The minimum Gasteiger partial charge on any atom is -0.469 e. The summed E-state index contributed by atoms with van der Waals surface area (Å²) in [7, 11) is 1.23. The van der Waals surface area contributed by atoms with Crippen molar-refractivity contribution in [1.82, 2.24) is 0 Å². The molecule has 0 aliphatic rings.